The quantitative estimate of drug-likeness (QED) is 0.855. The first-order valence-electron chi connectivity index (χ1n) is 7.94. The molecule has 0 saturated heterocycles. The van der Waals surface area contributed by atoms with Gasteiger partial charge >= 0.3 is 0 Å². The highest BCUT2D eigenvalue weighted by atomic mass is 32.2. The first-order chi connectivity index (χ1) is 11.7. The third kappa shape index (κ3) is 5.03. The van der Waals surface area contributed by atoms with Crippen molar-refractivity contribution in [2.45, 2.75) is 26.3 Å². The Hall–Kier alpha value is -2.41. The molecule has 25 heavy (non-hydrogen) atoms. The van der Waals surface area contributed by atoms with E-state index in [0.29, 0.717) is 17.7 Å². The summed E-state index contributed by atoms with van der Waals surface area (Å²) in [6.07, 6.45) is 3.52. The lowest BCUT2D eigenvalue weighted by Gasteiger charge is -2.17. The van der Waals surface area contributed by atoms with Crippen molar-refractivity contribution in [1.82, 2.24) is 10.3 Å². The summed E-state index contributed by atoms with van der Waals surface area (Å²) < 4.78 is 24.2. The van der Waals surface area contributed by atoms with Gasteiger partial charge in [-0.1, -0.05) is 6.07 Å². The molecule has 2 aromatic rings. The minimum atomic E-state index is -3.32. The second-order valence-corrected chi connectivity index (χ2v) is 8.14. The lowest BCUT2D eigenvalue weighted by molar-refractivity contribution is 0.0940. The van der Waals surface area contributed by atoms with Crippen LogP contribution in [0.25, 0.3) is 0 Å². The number of aromatic nitrogens is 1. The Morgan fingerprint density at radius 3 is 2.44 bits per heavy atom. The van der Waals surface area contributed by atoms with E-state index in [2.05, 4.69) is 10.3 Å². The minimum absolute atomic E-state index is 0.0699. The van der Waals surface area contributed by atoms with Crippen LogP contribution in [0.3, 0.4) is 0 Å². The Balaban J connectivity index is 2.02. The zero-order valence-electron chi connectivity index (χ0n) is 14.9. The molecule has 0 aliphatic heterocycles. The van der Waals surface area contributed by atoms with Gasteiger partial charge in [-0.25, -0.2) is 8.42 Å². The largest absolute Gasteiger partial charge is 0.349 e. The number of hydrogen-bond acceptors (Lipinski definition) is 4. The molecule has 134 valence electrons. The third-order valence-electron chi connectivity index (χ3n) is 3.99. The van der Waals surface area contributed by atoms with Crippen molar-refractivity contribution >= 4 is 21.6 Å². The van der Waals surface area contributed by atoms with Crippen molar-refractivity contribution in [3.05, 3.63) is 59.4 Å². The average Bonchev–Trinajstić information content (AvgIpc) is 2.55. The third-order valence-corrected chi connectivity index (χ3v) is 5.19. The summed E-state index contributed by atoms with van der Waals surface area (Å²) in [5.41, 5.74) is 3.05. The molecule has 1 atom stereocenters. The molecule has 2 rings (SSSR count). The fourth-order valence-corrected chi connectivity index (χ4v) is 2.90. The number of aryl methyl sites for hydroxylation is 1. The molecule has 0 fully saturated rings. The number of carbonyl (C=O) groups excluding carboxylic acids is 1. The van der Waals surface area contributed by atoms with Crippen LogP contribution in [0.1, 0.15) is 28.5 Å². The van der Waals surface area contributed by atoms with Gasteiger partial charge in [0.15, 0.2) is 0 Å². The molecule has 1 amide bonds. The van der Waals surface area contributed by atoms with E-state index in [1.165, 1.54) is 11.4 Å². The van der Waals surface area contributed by atoms with Gasteiger partial charge in [-0.2, -0.15) is 0 Å². The van der Waals surface area contributed by atoms with Gasteiger partial charge in [-0.15, -0.1) is 0 Å². The maximum absolute atomic E-state index is 12.3. The Bertz CT molecular complexity index is 848. The van der Waals surface area contributed by atoms with E-state index in [1.54, 1.807) is 30.5 Å². The number of hydrogen-bond donors (Lipinski definition) is 1. The SMILES string of the molecule is Cc1cccnc1C[C@@H](C)NC(=O)c1ccc(N(C)S(C)(=O)=O)cc1. The Morgan fingerprint density at radius 1 is 1.24 bits per heavy atom. The van der Waals surface area contributed by atoms with Gasteiger partial charge in [-0.3, -0.25) is 14.1 Å². The van der Waals surface area contributed by atoms with Gasteiger partial charge in [0.2, 0.25) is 10.0 Å². The summed E-state index contributed by atoms with van der Waals surface area (Å²) in [6, 6.07) is 10.3. The molecule has 0 radical (unpaired) electrons. The molecular formula is C18H23N3O3S. The first kappa shape index (κ1) is 18.9. The molecule has 0 spiro atoms. The molecule has 0 aliphatic carbocycles. The number of nitrogens with zero attached hydrogens (tertiary/aromatic N) is 2. The van der Waals surface area contributed by atoms with Gasteiger partial charge < -0.3 is 5.32 Å². The predicted molar refractivity (Wildman–Crippen MR) is 99.3 cm³/mol. The number of rotatable bonds is 6. The van der Waals surface area contributed by atoms with Crippen molar-refractivity contribution in [1.29, 1.82) is 0 Å². The number of nitrogens with one attached hydrogen (secondary N) is 1. The normalized spacial score (nSPS) is 12.5. The maximum atomic E-state index is 12.3. The fraction of sp³-hybridized carbons (Fsp3) is 0.333. The molecule has 0 saturated carbocycles. The molecule has 1 aromatic heterocycles. The highest BCUT2D eigenvalue weighted by Gasteiger charge is 2.14. The van der Waals surface area contributed by atoms with Gasteiger partial charge in [0, 0.05) is 37.0 Å². The van der Waals surface area contributed by atoms with Crippen LogP contribution < -0.4 is 9.62 Å². The van der Waals surface area contributed by atoms with Gasteiger partial charge in [0.1, 0.15) is 0 Å². The molecule has 1 aromatic carbocycles. The van der Waals surface area contributed by atoms with E-state index in [9.17, 15) is 13.2 Å². The van der Waals surface area contributed by atoms with Crippen LogP contribution in [0.15, 0.2) is 42.6 Å². The molecule has 1 heterocycles. The van der Waals surface area contributed by atoms with Crippen molar-refractivity contribution in [2.24, 2.45) is 0 Å². The van der Waals surface area contributed by atoms with E-state index in [4.69, 9.17) is 0 Å². The zero-order valence-corrected chi connectivity index (χ0v) is 15.7. The van der Waals surface area contributed by atoms with Gasteiger partial charge in [-0.05, 0) is 49.7 Å². The number of amides is 1. The predicted octanol–water partition coefficient (Wildman–Crippen LogP) is 2.15. The molecule has 0 aliphatic rings. The van der Waals surface area contributed by atoms with Crippen LogP contribution in [-0.2, 0) is 16.4 Å². The fourth-order valence-electron chi connectivity index (χ4n) is 2.39. The summed E-state index contributed by atoms with van der Waals surface area (Å²) in [5.74, 6) is -0.199. The Morgan fingerprint density at radius 2 is 1.88 bits per heavy atom. The van der Waals surface area contributed by atoms with E-state index in [0.717, 1.165) is 17.5 Å². The second-order valence-electron chi connectivity index (χ2n) is 6.12. The van der Waals surface area contributed by atoms with Crippen molar-refractivity contribution in [3.8, 4) is 0 Å². The first-order valence-corrected chi connectivity index (χ1v) is 9.78. The van der Waals surface area contributed by atoms with E-state index >= 15 is 0 Å². The van der Waals surface area contributed by atoms with Crippen molar-refractivity contribution < 1.29 is 13.2 Å². The monoisotopic (exact) mass is 361 g/mol. The van der Waals surface area contributed by atoms with Crippen LogP contribution in [-0.4, -0.2) is 38.7 Å². The summed E-state index contributed by atoms with van der Waals surface area (Å²) in [7, 11) is -1.85. The van der Waals surface area contributed by atoms with Crippen LogP contribution in [0.2, 0.25) is 0 Å². The van der Waals surface area contributed by atoms with Gasteiger partial charge in [0.25, 0.3) is 5.91 Å². The number of sulfonamides is 1. The highest BCUT2D eigenvalue weighted by Crippen LogP contribution is 2.16. The number of benzene rings is 1. The summed E-state index contributed by atoms with van der Waals surface area (Å²) >= 11 is 0. The lowest BCUT2D eigenvalue weighted by Crippen LogP contribution is -2.34. The van der Waals surface area contributed by atoms with Crippen LogP contribution in [0.4, 0.5) is 5.69 Å². The lowest BCUT2D eigenvalue weighted by atomic mass is 10.1. The Labute approximate surface area is 148 Å². The van der Waals surface area contributed by atoms with Crippen molar-refractivity contribution in [3.63, 3.8) is 0 Å². The summed E-state index contributed by atoms with van der Waals surface area (Å²) in [6.45, 7) is 3.92. The number of pyridine rings is 1. The van der Waals surface area contributed by atoms with Crippen LogP contribution in [0.5, 0.6) is 0 Å². The molecule has 6 nitrogen and oxygen atoms in total. The number of anilines is 1. The Kier molecular flexibility index (Phi) is 5.79. The van der Waals surface area contributed by atoms with Crippen molar-refractivity contribution in [2.75, 3.05) is 17.6 Å². The van der Waals surface area contributed by atoms with Gasteiger partial charge in [0.05, 0.1) is 11.9 Å². The summed E-state index contributed by atoms with van der Waals surface area (Å²) in [5, 5.41) is 2.94. The molecule has 0 unspecified atom stereocenters. The topological polar surface area (TPSA) is 79.4 Å². The summed E-state index contributed by atoms with van der Waals surface area (Å²) in [4.78, 5) is 16.7. The molecule has 7 heteroatoms. The maximum Gasteiger partial charge on any atom is 0.251 e. The number of carbonyl (C=O) groups is 1. The average molecular weight is 361 g/mol. The van der Waals surface area contributed by atoms with E-state index in [-0.39, 0.29) is 11.9 Å². The minimum Gasteiger partial charge on any atom is -0.349 e. The standard InChI is InChI=1S/C18H23N3O3S/c1-13-6-5-11-19-17(13)12-14(2)20-18(22)15-7-9-16(10-8-15)21(3)25(4,23)24/h5-11,14H,12H2,1-4H3,(H,20,22)/t14-/m1/s1. The molecular weight excluding hydrogens is 338 g/mol. The van der Waals surface area contributed by atoms with Crippen LogP contribution >= 0.6 is 0 Å². The zero-order chi connectivity index (χ0) is 18.6. The van der Waals surface area contributed by atoms with E-state index in [1.807, 2.05) is 26.0 Å². The second kappa shape index (κ2) is 7.65. The van der Waals surface area contributed by atoms with E-state index < -0.39 is 10.0 Å². The molecule has 1 N–H and O–H groups in total. The smallest absolute Gasteiger partial charge is 0.251 e. The highest BCUT2D eigenvalue weighted by molar-refractivity contribution is 7.92. The van der Waals surface area contributed by atoms with Crippen LogP contribution in [0, 0.1) is 6.92 Å². The molecule has 0 bridgehead atoms.